The van der Waals surface area contributed by atoms with Gasteiger partial charge >= 0.3 is 11.9 Å². The van der Waals surface area contributed by atoms with Crippen molar-refractivity contribution in [2.45, 2.75) is 31.6 Å². The van der Waals surface area contributed by atoms with Crippen LogP contribution in [-0.4, -0.2) is 56.1 Å². The van der Waals surface area contributed by atoms with E-state index < -0.39 is 21.0 Å². The Morgan fingerprint density at radius 3 is 1.58 bits per heavy atom. The summed E-state index contributed by atoms with van der Waals surface area (Å²) in [5.74, 6) is 2.59. The number of hydrogen-bond donors (Lipinski definition) is 0. The van der Waals surface area contributed by atoms with Crippen molar-refractivity contribution in [1.29, 1.82) is 0 Å². The van der Waals surface area contributed by atoms with Gasteiger partial charge in [-0.2, -0.15) is 0 Å². The number of esters is 2. The summed E-state index contributed by atoms with van der Waals surface area (Å²) < 4.78 is 35.6. The predicted molar refractivity (Wildman–Crippen MR) is 256 cm³/mol. The quantitative estimate of drug-likeness (QED) is 0.0923. The predicted octanol–water partition coefficient (Wildman–Crippen LogP) is 10.5. The van der Waals surface area contributed by atoms with Crippen molar-refractivity contribution in [2.75, 3.05) is 44.2 Å². The third-order valence-corrected chi connectivity index (χ3v) is 13.1. The zero-order chi connectivity index (χ0) is 45.3. The second-order valence-corrected chi connectivity index (χ2v) is 16.7. The molecule has 0 radical (unpaired) electrons. The van der Waals surface area contributed by atoms with Crippen molar-refractivity contribution in [1.82, 2.24) is 0 Å². The van der Waals surface area contributed by atoms with E-state index in [4.69, 9.17) is 28.1 Å². The first-order chi connectivity index (χ1) is 31.7. The molecule has 10 rings (SSSR count). The molecule has 0 amide bonds. The maximum Gasteiger partial charge on any atom is 0.340 e. The van der Waals surface area contributed by atoms with Gasteiger partial charge in [0.1, 0.15) is 28.7 Å². The number of benzene rings is 7. The van der Waals surface area contributed by atoms with Crippen molar-refractivity contribution in [2.24, 2.45) is 0 Å². The largest absolute Gasteiger partial charge is 0.549 e. The van der Waals surface area contributed by atoms with Crippen molar-refractivity contribution in [3.8, 4) is 28.7 Å². The molecule has 65 heavy (non-hydrogen) atoms. The van der Waals surface area contributed by atoms with Gasteiger partial charge in [0.25, 0.3) is 0 Å². The van der Waals surface area contributed by atoms with E-state index in [1.165, 1.54) is 0 Å². The molecule has 10 nitrogen and oxygen atoms in total. The highest BCUT2D eigenvalue weighted by Crippen LogP contribution is 2.57. The number of carbonyl (C=O) groups excluding carboxylic acids is 2. The summed E-state index contributed by atoms with van der Waals surface area (Å²) in [7, 11) is 4.46. The lowest BCUT2D eigenvalue weighted by Gasteiger charge is -2.36. The Bertz CT molecular complexity index is 2850. The van der Waals surface area contributed by atoms with E-state index in [1.807, 2.05) is 84.9 Å². The first-order valence-electron chi connectivity index (χ1n) is 21.8. The molecule has 0 bridgehead atoms. The summed E-state index contributed by atoms with van der Waals surface area (Å²) in [5, 5.41) is 0. The maximum atomic E-state index is 13.3. The lowest BCUT2D eigenvalue weighted by molar-refractivity contribution is 0.0220. The summed E-state index contributed by atoms with van der Waals surface area (Å²) in [4.78, 5) is 30.4. The molecule has 0 fully saturated rings. The van der Waals surface area contributed by atoms with Crippen LogP contribution in [0.15, 0.2) is 158 Å². The highest BCUT2D eigenvalue weighted by Gasteiger charge is 2.54. The van der Waals surface area contributed by atoms with Gasteiger partial charge in [-0.3, -0.25) is 0 Å². The Hall–Kier alpha value is -7.50. The van der Waals surface area contributed by atoms with Gasteiger partial charge in [0.15, 0.2) is 11.2 Å². The van der Waals surface area contributed by atoms with E-state index in [1.54, 1.807) is 32.4 Å². The fourth-order valence-corrected chi connectivity index (χ4v) is 9.81. The van der Waals surface area contributed by atoms with E-state index in [0.29, 0.717) is 34.1 Å². The molecule has 1 spiro atoms. The molecule has 1 unspecified atom stereocenters. The minimum absolute atomic E-state index is 0.321. The molecule has 0 aliphatic carbocycles. The van der Waals surface area contributed by atoms with Crippen molar-refractivity contribution in [3.63, 3.8) is 0 Å². The molecule has 1 atom stereocenters. The molecule has 0 N–H and O–H groups in total. The van der Waals surface area contributed by atoms with Crippen LogP contribution in [0.2, 0.25) is 6.55 Å². The fraction of sp³-hybridized carbons (Fsp3) is 0.185. The third kappa shape index (κ3) is 7.22. The summed E-state index contributed by atoms with van der Waals surface area (Å²) in [6, 6.07) is 51.0. The standard InChI is InChI=1S/C32H34N2O3Si.C22H16O5/c1-5-34(6-2)26-20-21-29(30(22-26)37-38-4)32(28-15-11-10-14-27(28)31(35)36-32)23-16-18-25(19-17-23)33(3)24-12-8-7-9-13-24;1-24-13-7-9-17-19(11-13)26-20-12-14(25-2)8-10-18(20)22(17)16-6-4-3-5-15(16)21(23)27-22/h7-22H,5-6,38H2,1-4H3;3-12H,1-2H3. The molecule has 7 aromatic carbocycles. The van der Waals surface area contributed by atoms with Gasteiger partial charge in [-0.15, -0.1) is 0 Å². The number of hydrogen-bond acceptors (Lipinski definition) is 10. The zero-order valence-electron chi connectivity index (χ0n) is 37.3. The summed E-state index contributed by atoms with van der Waals surface area (Å²) in [6.45, 7) is 8.22. The van der Waals surface area contributed by atoms with Crippen molar-refractivity contribution >= 4 is 38.8 Å². The van der Waals surface area contributed by atoms with Crippen molar-refractivity contribution < 1.29 is 37.7 Å². The van der Waals surface area contributed by atoms with Gasteiger partial charge in [0.2, 0.25) is 9.76 Å². The van der Waals surface area contributed by atoms with E-state index in [9.17, 15) is 9.59 Å². The number of methoxy groups -OCH3 is 2. The Balaban J connectivity index is 0.000000173. The lowest BCUT2D eigenvalue weighted by atomic mass is 9.77. The van der Waals surface area contributed by atoms with E-state index >= 15 is 0 Å². The highest BCUT2D eigenvalue weighted by atomic mass is 28.2. The molecule has 3 aliphatic rings. The maximum absolute atomic E-state index is 13.3. The van der Waals surface area contributed by atoms with E-state index in [-0.39, 0.29) is 11.9 Å². The summed E-state index contributed by atoms with van der Waals surface area (Å²) >= 11 is 0. The molecule has 0 saturated heterocycles. The lowest BCUT2D eigenvalue weighted by Crippen LogP contribution is -2.33. The monoisotopic (exact) mass is 882 g/mol. The topological polar surface area (TPSA) is 96.0 Å². The first-order valence-corrected chi connectivity index (χ1v) is 23.8. The third-order valence-electron chi connectivity index (χ3n) is 12.5. The smallest absolute Gasteiger partial charge is 0.340 e. The second-order valence-electron chi connectivity index (χ2n) is 15.8. The average Bonchev–Trinajstić information content (AvgIpc) is 3.82. The Labute approximate surface area is 381 Å². The van der Waals surface area contributed by atoms with Crippen LogP contribution in [0.25, 0.3) is 0 Å². The van der Waals surface area contributed by atoms with Crippen LogP contribution in [0.4, 0.5) is 17.1 Å². The zero-order valence-corrected chi connectivity index (χ0v) is 38.7. The van der Waals surface area contributed by atoms with Gasteiger partial charge in [0, 0.05) is 88.8 Å². The number of rotatable bonds is 11. The minimum atomic E-state index is -1.10. The first kappa shape index (κ1) is 42.8. The Morgan fingerprint density at radius 1 is 0.538 bits per heavy atom. The molecule has 3 aliphatic heterocycles. The number of carbonyl (C=O) groups is 2. The SMILES string of the molecule is CCN(CC)c1ccc(C2(c3ccc(N(C)c4ccccc4)cc3)OC(=O)c3ccccc32)c(O[SiH2]C)c1.COc1ccc2c(c1)Oc1cc(OC)ccc1C21OC(=O)c2ccccc21. The number of ether oxygens (including phenoxy) is 5. The molecular weight excluding hydrogens is 833 g/mol. The molecule has 7 aromatic rings. The van der Waals surface area contributed by atoms with Crippen LogP contribution in [0.3, 0.4) is 0 Å². The normalized spacial score (nSPS) is 15.9. The minimum Gasteiger partial charge on any atom is -0.549 e. The Morgan fingerprint density at radius 2 is 1.03 bits per heavy atom. The van der Waals surface area contributed by atoms with Crippen LogP contribution >= 0.6 is 0 Å². The molecule has 0 saturated carbocycles. The van der Waals surface area contributed by atoms with Crippen LogP contribution in [0.5, 0.6) is 28.7 Å². The fourth-order valence-electron chi connectivity index (χ4n) is 9.26. The number of fused-ring (bicyclic) bond motifs is 7. The van der Waals surface area contributed by atoms with E-state index in [2.05, 4.69) is 91.8 Å². The number of cyclic esters (lactones) is 1. The number of nitrogens with zero attached hydrogens (tertiary/aromatic N) is 2. The van der Waals surface area contributed by atoms with E-state index in [0.717, 1.165) is 69.3 Å². The van der Waals surface area contributed by atoms with Crippen LogP contribution in [0.1, 0.15) is 67.9 Å². The molecule has 3 heterocycles. The van der Waals surface area contributed by atoms with Gasteiger partial charge < -0.3 is 37.9 Å². The Kier molecular flexibility index (Phi) is 11.6. The van der Waals surface area contributed by atoms with Gasteiger partial charge in [-0.1, -0.05) is 66.7 Å². The van der Waals surface area contributed by atoms with Crippen LogP contribution in [-0.2, 0) is 20.7 Å². The molecule has 328 valence electrons. The number of para-hydroxylation sites is 1. The van der Waals surface area contributed by atoms with Gasteiger partial charge in [-0.05, 0) is 93.2 Å². The van der Waals surface area contributed by atoms with Gasteiger partial charge in [-0.25, -0.2) is 9.59 Å². The summed E-state index contributed by atoms with van der Waals surface area (Å²) in [5.41, 5.74) is 7.14. The van der Waals surface area contributed by atoms with Crippen LogP contribution in [0, 0.1) is 0 Å². The van der Waals surface area contributed by atoms with Gasteiger partial charge in [0.05, 0.1) is 25.3 Å². The summed E-state index contributed by atoms with van der Waals surface area (Å²) in [6.07, 6.45) is 0. The average molecular weight is 883 g/mol. The molecule has 0 aromatic heterocycles. The highest BCUT2D eigenvalue weighted by molar-refractivity contribution is 6.26. The number of anilines is 3. The molecule has 11 heteroatoms. The molecular formula is C54H50N2O8Si. The van der Waals surface area contributed by atoms with Crippen molar-refractivity contribution in [3.05, 3.63) is 202 Å². The van der Waals surface area contributed by atoms with Crippen LogP contribution < -0.4 is 28.4 Å². The second kappa shape index (κ2) is 17.6.